The van der Waals surface area contributed by atoms with Crippen LogP contribution in [-0.2, 0) is 11.3 Å². The normalized spacial score (nSPS) is 11.0. The van der Waals surface area contributed by atoms with E-state index < -0.39 is 0 Å². The summed E-state index contributed by atoms with van der Waals surface area (Å²) in [6.07, 6.45) is 1.32. The van der Waals surface area contributed by atoms with Crippen LogP contribution < -0.4 is 20.1 Å². The lowest BCUT2D eigenvalue weighted by Crippen LogP contribution is -2.38. The molecule has 0 saturated carbocycles. The van der Waals surface area contributed by atoms with Gasteiger partial charge in [0, 0.05) is 44.7 Å². The zero-order valence-electron chi connectivity index (χ0n) is 16.6. The number of nitrogens with zero attached hydrogens (tertiary/aromatic N) is 2. The van der Waals surface area contributed by atoms with Crippen molar-refractivity contribution in [3.05, 3.63) is 23.8 Å². The van der Waals surface area contributed by atoms with Gasteiger partial charge in [0.1, 0.15) is 11.5 Å². The van der Waals surface area contributed by atoms with E-state index in [2.05, 4.69) is 15.6 Å². The van der Waals surface area contributed by atoms with Crippen molar-refractivity contribution in [1.29, 1.82) is 0 Å². The Labute approximate surface area is 156 Å². The first-order chi connectivity index (χ1) is 12.5. The average molecular weight is 364 g/mol. The number of benzene rings is 1. The summed E-state index contributed by atoms with van der Waals surface area (Å²) in [5.41, 5.74) is 1.03. The fraction of sp³-hybridized carbons (Fsp3) is 0.579. The number of methoxy groups -OCH3 is 2. The number of carbonyl (C=O) groups excluding carboxylic acids is 1. The molecule has 146 valence electrons. The number of hydrogen-bond donors (Lipinski definition) is 2. The second-order valence-corrected chi connectivity index (χ2v) is 5.87. The SMILES string of the molecule is CCCNC(=O)CCN=C(NCC)N(C)Cc1ccc(OC)cc1OC. The Kier molecular flexibility index (Phi) is 9.97. The van der Waals surface area contributed by atoms with Crippen LogP contribution in [0.4, 0.5) is 0 Å². The van der Waals surface area contributed by atoms with E-state index in [9.17, 15) is 4.79 Å². The first kappa shape index (κ1) is 21.6. The Bertz CT molecular complexity index is 590. The second kappa shape index (κ2) is 12.0. The molecule has 7 nitrogen and oxygen atoms in total. The average Bonchev–Trinajstić information content (AvgIpc) is 2.65. The molecule has 0 saturated heterocycles. The van der Waals surface area contributed by atoms with E-state index in [1.165, 1.54) is 0 Å². The van der Waals surface area contributed by atoms with E-state index in [0.29, 0.717) is 26.1 Å². The summed E-state index contributed by atoms with van der Waals surface area (Å²) in [6.45, 7) is 6.59. The fourth-order valence-electron chi connectivity index (χ4n) is 2.40. The smallest absolute Gasteiger partial charge is 0.221 e. The number of aliphatic imine (C=N–C) groups is 1. The van der Waals surface area contributed by atoms with Crippen molar-refractivity contribution in [2.75, 3.05) is 40.9 Å². The van der Waals surface area contributed by atoms with Crippen molar-refractivity contribution in [3.8, 4) is 11.5 Å². The summed E-state index contributed by atoms with van der Waals surface area (Å²) in [5.74, 6) is 2.32. The predicted molar refractivity (Wildman–Crippen MR) is 105 cm³/mol. The zero-order valence-corrected chi connectivity index (χ0v) is 16.6. The van der Waals surface area contributed by atoms with Crippen molar-refractivity contribution in [2.24, 2.45) is 4.99 Å². The van der Waals surface area contributed by atoms with Crippen molar-refractivity contribution in [1.82, 2.24) is 15.5 Å². The topological polar surface area (TPSA) is 75.2 Å². The molecule has 1 aromatic carbocycles. The van der Waals surface area contributed by atoms with Gasteiger partial charge in [-0.15, -0.1) is 0 Å². The molecule has 0 unspecified atom stereocenters. The Hall–Kier alpha value is -2.44. The van der Waals surface area contributed by atoms with Crippen LogP contribution >= 0.6 is 0 Å². The molecular weight excluding hydrogens is 332 g/mol. The summed E-state index contributed by atoms with van der Waals surface area (Å²) in [5, 5.41) is 6.12. The van der Waals surface area contributed by atoms with E-state index in [1.807, 2.05) is 44.0 Å². The van der Waals surface area contributed by atoms with E-state index >= 15 is 0 Å². The summed E-state index contributed by atoms with van der Waals surface area (Å²) in [7, 11) is 5.24. The molecule has 0 aliphatic heterocycles. The van der Waals surface area contributed by atoms with Crippen LogP contribution in [0.5, 0.6) is 11.5 Å². The molecule has 7 heteroatoms. The lowest BCUT2D eigenvalue weighted by molar-refractivity contribution is -0.120. The van der Waals surface area contributed by atoms with Crippen molar-refractivity contribution < 1.29 is 14.3 Å². The van der Waals surface area contributed by atoms with Crippen molar-refractivity contribution in [3.63, 3.8) is 0 Å². The highest BCUT2D eigenvalue weighted by molar-refractivity contribution is 5.80. The van der Waals surface area contributed by atoms with Crippen LogP contribution in [0.25, 0.3) is 0 Å². The Morgan fingerprint density at radius 2 is 1.96 bits per heavy atom. The largest absolute Gasteiger partial charge is 0.497 e. The Morgan fingerprint density at radius 3 is 2.58 bits per heavy atom. The van der Waals surface area contributed by atoms with Gasteiger partial charge in [0.15, 0.2) is 5.96 Å². The zero-order chi connectivity index (χ0) is 19.4. The van der Waals surface area contributed by atoms with Gasteiger partial charge in [0.2, 0.25) is 5.91 Å². The molecule has 0 radical (unpaired) electrons. The molecule has 0 spiro atoms. The minimum atomic E-state index is 0.0333. The first-order valence-electron chi connectivity index (χ1n) is 9.02. The molecule has 0 bridgehead atoms. The van der Waals surface area contributed by atoms with Crippen LogP contribution in [0.2, 0.25) is 0 Å². The fourth-order valence-corrected chi connectivity index (χ4v) is 2.40. The summed E-state index contributed by atoms with van der Waals surface area (Å²) >= 11 is 0. The minimum Gasteiger partial charge on any atom is -0.497 e. The van der Waals surface area contributed by atoms with Gasteiger partial charge in [-0.05, 0) is 25.5 Å². The molecular formula is C19H32N4O3. The van der Waals surface area contributed by atoms with Crippen LogP contribution in [0.15, 0.2) is 23.2 Å². The molecule has 2 N–H and O–H groups in total. The number of ether oxygens (including phenoxy) is 2. The Balaban J connectivity index is 2.74. The van der Waals surface area contributed by atoms with Crippen LogP contribution in [0.3, 0.4) is 0 Å². The molecule has 1 aromatic rings. The first-order valence-corrected chi connectivity index (χ1v) is 9.02. The number of hydrogen-bond acceptors (Lipinski definition) is 4. The maximum absolute atomic E-state index is 11.7. The third-order valence-corrected chi connectivity index (χ3v) is 3.77. The number of guanidine groups is 1. The standard InChI is InChI=1S/C19H32N4O3/c1-6-11-21-18(24)10-12-22-19(20-7-2)23(3)14-15-8-9-16(25-4)13-17(15)26-5/h8-9,13H,6-7,10-12,14H2,1-5H3,(H,20,22)(H,21,24). The van der Waals surface area contributed by atoms with Gasteiger partial charge in [0.25, 0.3) is 0 Å². The maximum atomic E-state index is 11.7. The van der Waals surface area contributed by atoms with Crippen molar-refractivity contribution >= 4 is 11.9 Å². The van der Waals surface area contributed by atoms with Gasteiger partial charge in [-0.1, -0.05) is 6.92 Å². The molecule has 0 aromatic heterocycles. The molecule has 0 aliphatic rings. The van der Waals surface area contributed by atoms with E-state index in [0.717, 1.165) is 36.0 Å². The molecule has 1 amide bonds. The third kappa shape index (κ3) is 7.21. The molecule has 1 rings (SSSR count). The van der Waals surface area contributed by atoms with Gasteiger partial charge in [-0.2, -0.15) is 0 Å². The molecule has 0 fully saturated rings. The minimum absolute atomic E-state index is 0.0333. The van der Waals surface area contributed by atoms with E-state index in [1.54, 1.807) is 14.2 Å². The van der Waals surface area contributed by atoms with E-state index in [-0.39, 0.29) is 5.91 Å². The van der Waals surface area contributed by atoms with E-state index in [4.69, 9.17) is 9.47 Å². The monoisotopic (exact) mass is 364 g/mol. The molecule has 26 heavy (non-hydrogen) atoms. The highest BCUT2D eigenvalue weighted by Gasteiger charge is 2.11. The number of carbonyl (C=O) groups is 1. The highest BCUT2D eigenvalue weighted by atomic mass is 16.5. The van der Waals surface area contributed by atoms with Gasteiger partial charge in [-0.3, -0.25) is 9.79 Å². The summed E-state index contributed by atoms with van der Waals surface area (Å²) < 4.78 is 10.7. The lowest BCUT2D eigenvalue weighted by Gasteiger charge is -2.23. The molecule has 0 heterocycles. The van der Waals surface area contributed by atoms with Gasteiger partial charge >= 0.3 is 0 Å². The second-order valence-electron chi connectivity index (χ2n) is 5.87. The Morgan fingerprint density at radius 1 is 1.19 bits per heavy atom. The highest BCUT2D eigenvalue weighted by Crippen LogP contribution is 2.25. The number of amides is 1. The van der Waals surface area contributed by atoms with Crippen LogP contribution in [0.1, 0.15) is 32.3 Å². The third-order valence-electron chi connectivity index (χ3n) is 3.77. The number of nitrogens with one attached hydrogen (secondary N) is 2. The quantitative estimate of drug-likeness (QED) is 0.491. The van der Waals surface area contributed by atoms with Gasteiger partial charge in [0.05, 0.1) is 20.8 Å². The lowest BCUT2D eigenvalue weighted by atomic mass is 10.2. The van der Waals surface area contributed by atoms with Gasteiger partial charge < -0.3 is 25.0 Å². The summed E-state index contributed by atoms with van der Waals surface area (Å²) in [4.78, 5) is 18.3. The van der Waals surface area contributed by atoms with Crippen LogP contribution in [-0.4, -0.2) is 57.7 Å². The predicted octanol–water partition coefficient (Wildman–Crippen LogP) is 2.02. The molecule has 0 atom stereocenters. The van der Waals surface area contributed by atoms with Crippen LogP contribution in [0, 0.1) is 0 Å². The number of rotatable bonds is 10. The molecule has 0 aliphatic carbocycles. The van der Waals surface area contributed by atoms with Gasteiger partial charge in [-0.25, -0.2) is 0 Å². The van der Waals surface area contributed by atoms with Crippen molar-refractivity contribution in [2.45, 2.75) is 33.2 Å². The maximum Gasteiger partial charge on any atom is 0.221 e. The summed E-state index contributed by atoms with van der Waals surface area (Å²) in [6, 6.07) is 5.76.